The summed E-state index contributed by atoms with van der Waals surface area (Å²) < 4.78 is 11.6. The molecule has 29 heavy (non-hydrogen) atoms. The van der Waals surface area contributed by atoms with Crippen LogP contribution in [-0.2, 0) is 11.3 Å². The summed E-state index contributed by atoms with van der Waals surface area (Å²) in [5.74, 6) is 0.697. The first-order chi connectivity index (χ1) is 14.0. The van der Waals surface area contributed by atoms with E-state index in [-0.39, 0.29) is 6.54 Å². The Balaban J connectivity index is 1.81. The van der Waals surface area contributed by atoms with E-state index >= 15 is 0 Å². The summed E-state index contributed by atoms with van der Waals surface area (Å²) in [6.07, 6.45) is 0. The van der Waals surface area contributed by atoms with Crippen molar-refractivity contribution in [2.24, 2.45) is 0 Å². The van der Waals surface area contributed by atoms with E-state index in [4.69, 9.17) is 14.7 Å². The first-order valence-corrected chi connectivity index (χ1v) is 8.64. The van der Waals surface area contributed by atoms with Gasteiger partial charge in [0.25, 0.3) is 5.56 Å². The van der Waals surface area contributed by atoms with E-state index in [1.54, 1.807) is 55.6 Å². The van der Waals surface area contributed by atoms with Crippen LogP contribution in [0.4, 0.5) is 5.69 Å². The van der Waals surface area contributed by atoms with Crippen LogP contribution < -0.4 is 20.3 Å². The number of nitrogens with one attached hydrogen (secondary N) is 1. The average molecular weight is 390 g/mol. The predicted molar refractivity (Wildman–Crippen MR) is 107 cm³/mol. The molecule has 1 aromatic heterocycles. The second-order valence-corrected chi connectivity index (χ2v) is 6.02. The molecule has 146 valence electrons. The Morgan fingerprint density at radius 3 is 2.45 bits per heavy atom. The topological polar surface area (TPSA) is 106 Å². The van der Waals surface area contributed by atoms with E-state index in [0.717, 1.165) is 4.68 Å². The van der Waals surface area contributed by atoms with Crippen molar-refractivity contribution in [2.45, 2.75) is 6.54 Å². The molecule has 0 spiro atoms. The van der Waals surface area contributed by atoms with Crippen LogP contribution in [0.25, 0.3) is 11.3 Å². The van der Waals surface area contributed by atoms with Crippen molar-refractivity contribution in [1.29, 1.82) is 5.26 Å². The third-order valence-electron chi connectivity index (χ3n) is 4.14. The summed E-state index contributed by atoms with van der Waals surface area (Å²) in [6, 6.07) is 16.6. The zero-order valence-electron chi connectivity index (χ0n) is 15.9. The number of carbonyl (C=O) groups is 1. The van der Waals surface area contributed by atoms with E-state index in [2.05, 4.69) is 10.4 Å². The number of ether oxygens (including phenoxy) is 2. The lowest BCUT2D eigenvalue weighted by Gasteiger charge is -2.11. The average Bonchev–Trinajstić information content (AvgIpc) is 2.75. The number of nitriles is 1. The molecular formula is C21H18N4O4. The summed E-state index contributed by atoms with van der Waals surface area (Å²) in [4.78, 5) is 24.4. The second kappa shape index (κ2) is 8.71. The third-order valence-corrected chi connectivity index (χ3v) is 4.14. The van der Waals surface area contributed by atoms with Crippen LogP contribution >= 0.6 is 0 Å². The fourth-order valence-corrected chi connectivity index (χ4v) is 2.68. The van der Waals surface area contributed by atoms with Crippen molar-refractivity contribution in [3.8, 4) is 28.8 Å². The first kappa shape index (κ1) is 19.6. The Morgan fingerprint density at radius 1 is 1.07 bits per heavy atom. The molecule has 0 fully saturated rings. The van der Waals surface area contributed by atoms with Gasteiger partial charge in [-0.3, -0.25) is 9.59 Å². The molecular weight excluding hydrogens is 372 g/mol. The minimum absolute atomic E-state index is 0.250. The highest BCUT2D eigenvalue weighted by Gasteiger charge is 2.11. The van der Waals surface area contributed by atoms with Gasteiger partial charge >= 0.3 is 0 Å². The van der Waals surface area contributed by atoms with Crippen molar-refractivity contribution in [3.63, 3.8) is 0 Å². The number of nitrogens with zero attached hydrogens (tertiary/aromatic N) is 3. The van der Waals surface area contributed by atoms with Crippen molar-refractivity contribution < 1.29 is 14.3 Å². The number of carbonyl (C=O) groups excluding carboxylic acids is 1. The summed E-state index contributed by atoms with van der Waals surface area (Å²) in [7, 11) is 3.08. The molecule has 3 aromatic rings. The highest BCUT2D eigenvalue weighted by atomic mass is 16.5. The van der Waals surface area contributed by atoms with Crippen LogP contribution in [0.1, 0.15) is 5.56 Å². The van der Waals surface area contributed by atoms with Crippen LogP contribution in [0, 0.1) is 11.3 Å². The number of rotatable bonds is 6. The van der Waals surface area contributed by atoms with Gasteiger partial charge in [0.2, 0.25) is 5.91 Å². The lowest BCUT2D eigenvalue weighted by Crippen LogP contribution is -2.29. The van der Waals surface area contributed by atoms with E-state index in [1.807, 2.05) is 6.07 Å². The lowest BCUT2D eigenvalue weighted by molar-refractivity contribution is -0.117. The van der Waals surface area contributed by atoms with E-state index < -0.39 is 11.5 Å². The Kier molecular flexibility index (Phi) is 5.90. The minimum atomic E-state index is -0.409. The molecule has 1 amide bonds. The molecule has 0 bridgehead atoms. The number of hydrogen-bond acceptors (Lipinski definition) is 6. The fourth-order valence-electron chi connectivity index (χ4n) is 2.68. The maximum absolute atomic E-state index is 12.3. The quantitative estimate of drug-likeness (QED) is 0.693. The molecule has 0 saturated heterocycles. The highest BCUT2D eigenvalue weighted by molar-refractivity contribution is 5.90. The van der Waals surface area contributed by atoms with Gasteiger partial charge in [-0.25, -0.2) is 4.68 Å². The van der Waals surface area contributed by atoms with E-state index in [1.165, 1.54) is 13.2 Å². The molecule has 8 nitrogen and oxygen atoms in total. The minimum Gasteiger partial charge on any atom is -0.493 e. The normalized spacial score (nSPS) is 10.1. The number of methoxy groups -OCH3 is 2. The SMILES string of the molecule is COc1ccc(-c2ccc(=O)n(CC(=O)Nc3ccc(C#N)cc3)n2)cc1OC. The lowest BCUT2D eigenvalue weighted by atomic mass is 10.1. The smallest absolute Gasteiger partial charge is 0.267 e. The van der Waals surface area contributed by atoms with Crippen molar-refractivity contribution in [2.75, 3.05) is 19.5 Å². The molecule has 0 aliphatic carbocycles. The number of aromatic nitrogens is 2. The van der Waals surface area contributed by atoms with Crippen molar-refractivity contribution in [1.82, 2.24) is 9.78 Å². The molecule has 0 aliphatic rings. The van der Waals surface area contributed by atoms with Crippen LogP contribution in [0.15, 0.2) is 59.4 Å². The van der Waals surface area contributed by atoms with Gasteiger partial charge in [0.1, 0.15) is 6.54 Å². The Morgan fingerprint density at radius 2 is 1.79 bits per heavy atom. The van der Waals surface area contributed by atoms with Gasteiger partial charge in [-0.05, 0) is 48.5 Å². The molecule has 8 heteroatoms. The van der Waals surface area contributed by atoms with Crippen LogP contribution in [0.5, 0.6) is 11.5 Å². The monoisotopic (exact) mass is 390 g/mol. The van der Waals surface area contributed by atoms with Crippen LogP contribution in [-0.4, -0.2) is 29.9 Å². The van der Waals surface area contributed by atoms with Gasteiger partial charge < -0.3 is 14.8 Å². The fraction of sp³-hybridized carbons (Fsp3) is 0.143. The maximum atomic E-state index is 12.3. The largest absolute Gasteiger partial charge is 0.493 e. The third kappa shape index (κ3) is 4.59. The Bertz CT molecular complexity index is 1130. The van der Waals surface area contributed by atoms with E-state index in [0.29, 0.717) is 34.0 Å². The Hall–Kier alpha value is -4.12. The Labute approximate surface area is 166 Å². The van der Waals surface area contributed by atoms with Gasteiger partial charge in [0, 0.05) is 17.3 Å². The summed E-state index contributed by atoms with van der Waals surface area (Å²) in [5, 5.41) is 15.8. The summed E-state index contributed by atoms with van der Waals surface area (Å²) in [6.45, 7) is -0.250. The van der Waals surface area contributed by atoms with Gasteiger partial charge in [-0.2, -0.15) is 10.4 Å². The highest BCUT2D eigenvalue weighted by Crippen LogP contribution is 2.31. The maximum Gasteiger partial charge on any atom is 0.267 e. The van der Waals surface area contributed by atoms with Gasteiger partial charge in [0.05, 0.1) is 31.5 Å². The predicted octanol–water partition coefficient (Wildman–Crippen LogP) is 2.44. The zero-order chi connectivity index (χ0) is 20.8. The summed E-state index contributed by atoms with van der Waals surface area (Å²) in [5.41, 5.74) is 1.84. The van der Waals surface area contributed by atoms with Gasteiger partial charge in [-0.1, -0.05) is 0 Å². The molecule has 0 saturated carbocycles. The van der Waals surface area contributed by atoms with E-state index in [9.17, 15) is 9.59 Å². The van der Waals surface area contributed by atoms with Gasteiger partial charge in [0.15, 0.2) is 11.5 Å². The molecule has 0 aliphatic heterocycles. The summed E-state index contributed by atoms with van der Waals surface area (Å²) >= 11 is 0. The van der Waals surface area contributed by atoms with Crippen molar-refractivity contribution in [3.05, 3.63) is 70.5 Å². The van der Waals surface area contributed by atoms with Gasteiger partial charge in [-0.15, -0.1) is 0 Å². The van der Waals surface area contributed by atoms with Crippen LogP contribution in [0.3, 0.4) is 0 Å². The molecule has 1 heterocycles. The number of hydrogen-bond donors (Lipinski definition) is 1. The van der Waals surface area contributed by atoms with Crippen LogP contribution in [0.2, 0.25) is 0 Å². The number of benzene rings is 2. The number of anilines is 1. The second-order valence-electron chi connectivity index (χ2n) is 6.02. The molecule has 0 atom stereocenters. The van der Waals surface area contributed by atoms with Crippen molar-refractivity contribution >= 4 is 11.6 Å². The zero-order valence-corrected chi connectivity index (χ0v) is 15.9. The molecule has 3 rings (SSSR count). The molecule has 2 aromatic carbocycles. The number of amides is 1. The standard InChI is InChI=1S/C21H18N4O4/c1-28-18-9-5-15(11-19(18)29-2)17-8-10-21(27)25(24-17)13-20(26)23-16-6-3-14(12-22)4-7-16/h3-11H,13H2,1-2H3,(H,23,26). The molecule has 0 radical (unpaired) electrons. The first-order valence-electron chi connectivity index (χ1n) is 8.64. The molecule has 0 unspecified atom stereocenters. The molecule has 1 N–H and O–H groups in total.